The highest BCUT2D eigenvalue weighted by Gasteiger charge is 2.32. The summed E-state index contributed by atoms with van der Waals surface area (Å²) in [6.45, 7) is 4.51. The Morgan fingerprint density at radius 3 is 2.44 bits per heavy atom. The van der Waals surface area contributed by atoms with Gasteiger partial charge in [-0.05, 0) is 56.2 Å². The van der Waals surface area contributed by atoms with Crippen molar-refractivity contribution in [1.29, 1.82) is 0 Å². The molecule has 2 rings (SSSR count). The first-order valence-electron chi connectivity index (χ1n) is 7.59. The molecule has 0 aliphatic heterocycles. The fourth-order valence-corrected chi connectivity index (χ4v) is 3.33. The average molecular weight is 245 g/mol. The van der Waals surface area contributed by atoms with Crippen molar-refractivity contribution in [3.8, 4) is 0 Å². The van der Waals surface area contributed by atoms with E-state index in [-0.39, 0.29) is 0 Å². The van der Waals surface area contributed by atoms with Gasteiger partial charge in [0.25, 0.3) is 0 Å². The van der Waals surface area contributed by atoms with Crippen molar-refractivity contribution >= 4 is 0 Å². The summed E-state index contributed by atoms with van der Waals surface area (Å²) in [6, 6.07) is 11.0. The van der Waals surface area contributed by atoms with Crippen LogP contribution in [0.2, 0.25) is 0 Å². The van der Waals surface area contributed by atoms with Gasteiger partial charge in [0, 0.05) is 0 Å². The van der Waals surface area contributed by atoms with Crippen LogP contribution in [0.1, 0.15) is 51.0 Å². The van der Waals surface area contributed by atoms with E-state index in [4.69, 9.17) is 0 Å². The molecule has 0 saturated heterocycles. The molecule has 1 aliphatic rings. The molecule has 1 aliphatic carbocycles. The Bertz CT molecular complexity index is 325. The molecular weight excluding hydrogens is 218 g/mol. The fourth-order valence-electron chi connectivity index (χ4n) is 3.33. The van der Waals surface area contributed by atoms with Crippen LogP contribution in [0.15, 0.2) is 30.3 Å². The van der Waals surface area contributed by atoms with Crippen LogP contribution < -0.4 is 5.32 Å². The zero-order valence-corrected chi connectivity index (χ0v) is 11.8. The summed E-state index contributed by atoms with van der Waals surface area (Å²) in [7, 11) is 0. The lowest BCUT2D eigenvalue weighted by molar-refractivity contribution is 0.246. The third-order valence-corrected chi connectivity index (χ3v) is 4.53. The molecule has 0 unspecified atom stereocenters. The van der Waals surface area contributed by atoms with Crippen molar-refractivity contribution in [3.05, 3.63) is 35.9 Å². The summed E-state index contributed by atoms with van der Waals surface area (Å²) >= 11 is 0. The number of nitrogens with one attached hydrogen (secondary N) is 1. The molecule has 0 radical (unpaired) electrons. The molecule has 1 aromatic carbocycles. The monoisotopic (exact) mass is 245 g/mol. The highest BCUT2D eigenvalue weighted by Crippen LogP contribution is 2.44. The Kier molecular flexibility index (Phi) is 5.25. The molecular formula is C17H27N. The third kappa shape index (κ3) is 3.84. The van der Waals surface area contributed by atoms with Crippen LogP contribution in [-0.2, 0) is 6.42 Å². The van der Waals surface area contributed by atoms with Gasteiger partial charge in [-0.25, -0.2) is 0 Å². The van der Waals surface area contributed by atoms with Gasteiger partial charge in [0.2, 0.25) is 0 Å². The number of rotatable bonds is 7. The molecule has 0 aromatic heterocycles. The smallest absolute Gasteiger partial charge is 0.00437 e. The maximum Gasteiger partial charge on any atom is -0.00437 e. The summed E-state index contributed by atoms with van der Waals surface area (Å²) in [6.07, 6.45) is 9.79. The Hall–Kier alpha value is -0.820. The van der Waals surface area contributed by atoms with Crippen LogP contribution in [0.25, 0.3) is 0 Å². The predicted octanol–water partition coefficient (Wildman–Crippen LogP) is 4.18. The zero-order chi connectivity index (χ0) is 12.7. The highest BCUT2D eigenvalue weighted by molar-refractivity contribution is 5.15. The first kappa shape index (κ1) is 13.6. The molecule has 0 spiro atoms. The molecule has 100 valence electrons. The summed E-state index contributed by atoms with van der Waals surface area (Å²) in [5.41, 5.74) is 2.14. The molecule has 0 heterocycles. The summed E-state index contributed by atoms with van der Waals surface area (Å²) in [5.74, 6) is 0. The van der Waals surface area contributed by atoms with E-state index in [9.17, 15) is 0 Å². The van der Waals surface area contributed by atoms with Crippen molar-refractivity contribution in [2.75, 3.05) is 13.1 Å². The molecule has 1 saturated carbocycles. The van der Waals surface area contributed by atoms with Gasteiger partial charge < -0.3 is 5.32 Å². The molecule has 1 N–H and O–H groups in total. The second kappa shape index (κ2) is 6.94. The first-order valence-corrected chi connectivity index (χ1v) is 7.59. The van der Waals surface area contributed by atoms with E-state index in [1.807, 2.05) is 0 Å². The van der Waals surface area contributed by atoms with E-state index >= 15 is 0 Å². The minimum absolute atomic E-state index is 0.637. The van der Waals surface area contributed by atoms with Crippen molar-refractivity contribution in [2.24, 2.45) is 5.41 Å². The van der Waals surface area contributed by atoms with Crippen LogP contribution in [-0.4, -0.2) is 13.1 Å². The lowest BCUT2D eigenvalue weighted by Crippen LogP contribution is -2.25. The quantitative estimate of drug-likeness (QED) is 0.711. The van der Waals surface area contributed by atoms with Crippen molar-refractivity contribution < 1.29 is 0 Å². The van der Waals surface area contributed by atoms with Gasteiger partial charge in [-0.3, -0.25) is 0 Å². The first-order chi connectivity index (χ1) is 8.85. The zero-order valence-electron chi connectivity index (χ0n) is 11.8. The summed E-state index contributed by atoms with van der Waals surface area (Å²) in [5, 5.41) is 3.50. The van der Waals surface area contributed by atoms with E-state index in [1.165, 1.54) is 57.1 Å². The van der Waals surface area contributed by atoms with Gasteiger partial charge in [-0.15, -0.1) is 0 Å². The van der Waals surface area contributed by atoms with Crippen LogP contribution in [0.4, 0.5) is 0 Å². The predicted molar refractivity (Wildman–Crippen MR) is 78.8 cm³/mol. The van der Waals surface area contributed by atoms with Crippen molar-refractivity contribution in [3.63, 3.8) is 0 Å². The lowest BCUT2D eigenvalue weighted by Gasteiger charge is -2.29. The second-order valence-corrected chi connectivity index (χ2v) is 5.80. The Balaban J connectivity index is 1.86. The van der Waals surface area contributed by atoms with Crippen LogP contribution in [0, 0.1) is 5.41 Å². The Morgan fingerprint density at radius 1 is 1.06 bits per heavy atom. The molecule has 0 bridgehead atoms. The molecule has 1 nitrogen and oxygen atoms in total. The van der Waals surface area contributed by atoms with E-state index in [0.717, 1.165) is 6.54 Å². The second-order valence-electron chi connectivity index (χ2n) is 5.80. The van der Waals surface area contributed by atoms with Crippen molar-refractivity contribution in [1.82, 2.24) is 5.32 Å². The highest BCUT2D eigenvalue weighted by atomic mass is 14.8. The maximum absolute atomic E-state index is 3.50. The Morgan fingerprint density at radius 2 is 1.78 bits per heavy atom. The molecule has 1 heteroatoms. The molecule has 18 heavy (non-hydrogen) atoms. The van der Waals surface area contributed by atoms with E-state index in [0.29, 0.717) is 5.41 Å². The Labute approximate surface area is 112 Å². The van der Waals surface area contributed by atoms with Gasteiger partial charge in [0.1, 0.15) is 0 Å². The SMILES string of the molecule is CCNCCC1(CCc2ccccc2)CCCC1. The number of benzene rings is 1. The molecule has 1 fully saturated rings. The van der Waals surface area contributed by atoms with Crippen LogP contribution >= 0.6 is 0 Å². The van der Waals surface area contributed by atoms with Crippen molar-refractivity contribution in [2.45, 2.75) is 51.9 Å². The normalized spacial score (nSPS) is 18.1. The van der Waals surface area contributed by atoms with Crippen LogP contribution in [0.3, 0.4) is 0 Å². The van der Waals surface area contributed by atoms with Gasteiger partial charge in [0.05, 0.1) is 0 Å². The van der Waals surface area contributed by atoms with Gasteiger partial charge >= 0.3 is 0 Å². The van der Waals surface area contributed by atoms with Gasteiger partial charge in [-0.2, -0.15) is 0 Å². The average Bonchev–Trinajstić information content (AvgIpc) is 2.87. The number of hydrogen-bond donors (Lipinski definition) is 1. The summed E-state index contributed by atoms with van der Waals surface area (Å²) < 4.78 is 0. The van der Waals surface area contributed by atoms with E-state index in [1.54, 1.807) is 0 Å². The van der Waals surface area contributed by atoms with Gasteiger partial charge in [-0.1, -0.05) is 50.1 Å². The lowest BCUT2D eigenvalue weighted by atomic mass is 9.77. The van der Waals surface area contributed by atoms with Crippen LogP contribution in [0.5, 0.6) is 0 Å². The molecule has 1 aromatic rings. The third-order valence-electron chi connectivity index (χ3n) is 4.53. The number of aryl methyl sites for hydroxylation is 1. The molecule has 0 amide bonds. The topological polar surface area (TPSA) is 12.0 Å². The molecule has 0 atom stereocenters. The standard InChI is InChI=1S/C17H27N/c1-2-18-15-14-17(11-6-7-12-17)13-10-16-8-4-3-5-9-16/h3-5,8-9,18H,2,6-7,10-15H2,1H3. The van der Waals surface area contributed by atoms with E-state index in [2.05, 4.69) is 42.6 Å². The summed E-state index contributed by atoms with van der Waals surface area (Å²) in [4.78, 5) is 0. The number of hydrogen-bond acceptors (Lipinski definition) is 1. The van der Waals surface area contributed by atoms with Gasteiger partial charge in [0.15, 0.2) is 0 Å². The van der Waals surface area contributed by atoms with E-state index < -0.39 is 0 Å². The minimum Gasteiger partial charge on any atom is -0.317 e. The largest absolute Gasteiger partial charge is 0.317 e. The fraction of sp³-hybridized carbons (Fsp3) is 0.647. The maximum atomic E-state index is 3.50. The minimum atomic E-state index is 0.637.